The largest absolute Gasteiger partial charge is 0.379 e. The van der Waals surface area contributed by atoms with Gasteiger partial charge in [-0.05, 0) is 74.9 Å². The first-order valence-electron chi connectivity index (χ1n) is 12.0. The van der Waals surface area contributed by atoms with Crippen molar-refractivity contribution in [2.24, 2.45) is 0 Å². The smallest absolute Gasteiger partial charge is 0.339 e. The van der Waals surface area contributed by atoms with Gasteiger partial charge in [-0.2, -0.15) is 8.42 Å². The van der Waals surface area contributed by atoms with Crippen LogP contribution in [0.1, 0.15) is 19.4 Å². The molecule has 0 radical (unpaired) electrons. The van der Waals surface area contributed by atoms with Crippen molar-refractivity contribution in [3.63, 3.8) is 0 Å². The molecule has 2 heterocycles. The van der Waals surface area contributed by atoms with E-state index in [-0.39, 0.29) is 26.2 Å². The van der Waals surface area contributed by atoms with Gasteiger partial charge < -0.3 is 13.4 Å². The van der Waals surface area contributed by atoms with Crippen molar-refractivity contribution < 1.29 is 25.8 Å². The van der Waals surface area contributed by atoms with Gasteiger partial charge in [0.2, 0.25) is 9.84 Å². The molecule has 0 atom stereocenters. The number of sulfone groups is 1. The summed E-state index contributed by atoms with van der Waals surface area (Å²) < 4.78 is 59.7. The van der Waals surface area contributed by atoms with Crippen LogP contribution >= 0.6 is 0 Å². The number of aromatic nitrogens is 1. The molecule has 0 amide bonds. The van der Waals surface area contributed by atoms with E-state index in [0.29, 0.717) is 11.1 Å². The summed E-state index contributed by atoms with van der Waals surface area (Å²) in [5, 5.41) is 0. The first-order chi connectivity index (χ1) is 18.5. The molecule has 9 heteroatoms. The van der Waals surface area contributed by atoms with E-state index in [1.807, 2.05) is 43.3 Å². The number of hydrogen-bond acceptors (Lipinski definition) is 6. The van der Waals surface area contributed by atoms with Crippen LogP contribution in [-0.4, -0.2) is 27.0 Å². The minimum atomic E-state index is -4.05. The molecule has 0 spiro atoms. The molecule has 0 fully saturated rings. The Bertz CT molecular complexity index is 1820. The average Bonchev–Trinajstić information content (AvgIpc) is 3.30. The summed E-state index contributed by atoms with van der Waals surface area (Å²) in [5.41, 5.74) is 2.83. The van der Waals surface area contributed by atoms with E-state index in [2.05, 4.69) is 0 Å². The van der Waals surface area contributed by atoms with Crippen LogP contribution in [0.15, 0.2) is 124 Å². The van der Waals surface area contributed by atoms with Crippen molar-refractivity contribution in [1.29, 1.82) is 0 Å². The number of rotatable bonds is 6. The number of aryl methyl sites for hydroxylation is 1. The second-order valence-corrected chi connectivity index (χ2v) is 12.4. The fourth-order valence-electron chi connectivity index (χ4n) is 3.87. The molecule has 0 saturated carbocycles. The maximum atomic E-state index is 13.8. The molecule has 5 rings (SSSR count). The summed E-state index contributed by atoms with van der Waals surface area (Å²) in [6.45, 7) is 4.91. The SMILES string of the molecule is CC(C)=O.Cc1ccc(S(=O)(=O)Oc2ccc(S(=O)(=O)c3c(-c4ccccc4)cn4ccccc34)cc2)cc1. The Hall–Kier alpha value is -4.21. The topological polar surface area (TPSA) is 99.0 Å². The predicted molar refractivity (Wildman–Crippen MR) is 150 cm³/mol. The molecule has 0 saturated heterocycles. The average molecular weight is 562 g/mol. The number of hydrogen-bond donors (Lipinski definition) is 0. The van der Waals surface area contributed by atoms with Gasteiger partial charge in [0, 0.05) is 18.0 Å². The molecule has 2 aromatic heterocycles. The van der Waals surface area contributed by atoms with Gasteiger partial charge in [0.1, 0.15) is 21.3 Å². The Labute approximate surface area is 228 Å². The van der Waals surface area contributed by atoms with Gasteiger partial charge >= 0.3 is 10.1 Å². The first kappa shape index (κ1) is 27.8. The van der Waals surface area contributed by atoms with Crippen molar-refractivity contribution >= 4 is 31.3 Å². The third-order valence-corrected chi connectivity index (χ3v) is 8.76. The first-order valence-corrected chi connectivity index (χ1v) is 14.9. The minimum absolute atomic E-state index is 0.0209. The van der Waals surface area contributed by atoms with E-state index in [0.717, 1.165) is 11.1 Å². The molecule has 7 nitrogen and oxygen atoms in total. The quantitative estimate of drug-likeness (QED) is 0.232. The Morgan fingerprint density at radius 2 is 1.28 bits per heavy atom. The van der Waals surface area contributed by atoms with Crippen molar-refractivity contribution in [3.05, 3.63) is 115 Å². The van der Waals surface area contributed by atoms with Gasteiger partial charge in [0.25, 0.3) is 0 Å². The molecule has 0 unspecified atom stereocenters. The fourth-order valence-corrected chi connectivity index (χ4v) is 6.44. The molecule has 0 aliphatic carbocycles. The lowest BCUT2D eigenvalue weighted by Gasteiger charge is -2.10. The zero-order valence-corrected chi connectivity index (χ0v) is 23.2. The van der Waals surface area contributed by atoms with Crippen LogP contribution in [0.5, 0.6) is 5.75 Å². The van der Waals surface area contributed by atoms with Crippen LogP contribution in [-0.2, 0) is 24.7 Å². The van der Waals surface area contributed by atoms with Gasteiger partial charge in [0.15, 0.2) is 0 Å². The van der Waals surface area contributed by atoms with E-state index in [1.165, 1.54) is 50.2 Å². The number of fused-ring (bicyclic) bond motifs is 1. The van der Waals surface area contributed by atoms with Crippen LogP contribution in [0.3, 0.4) is 0 Å². The lowest BCUT2D eigenvalue weighted by atomic mass is 10.1. The van der Waals surface area contributed by atoms with Crippen LogP contribution in [0.4, 0.5) is 0 Å². The van der Waals surface area contributed by atoms with Crippen LogP contribution in [0.2, 0.25) is 0 Å². The molecule has 200 valence electrons. The zero-order chi connectivity index (χ0) is 28.2. The van der Waals surface area contributed by atoms with Gasteiger partial charge in [-0.25, -0.2) is 8.42 Å². The van der Waals surface area contributed by atoms with Gasteiger partial charge in [0.05, 0.1) is 10.4 Å². The third-order valence-electron chi connectivity index (χ3n) is 5.64. The highest BCUT2D eigenvalue weighted by Crippen LogP contribution is 2.36. The van der Waals surface area contributed by atoms with Crippen molar-refractivity contribution in [2.75, 3.05) is 0 Å². The zero-order valence-electron chi connectivity index (χ0n) is 21.6. The Balaban J connectivity index is 0.000000826. The number of carbonyl (C=O) groups is 1. The maximum absolute atomic E-state index is 13.8. The number of Topliss-reactive ketones (excluding diaryl/α,β-unsaturated/α-hetero) is 1. The lowest BCUT2D eigenvalue weighted by Crippen LogP contribution is -2.10. The van der Waals surface area contributed by atoms with E-state index in [4.69, 9.17) is 4.18 Å². The van der Waals surface area contributed by atoms with Gasteiger partial charge in [-0.15, -0.1) is 0 Å². The lowest BCUT2D eigenvalue weighted by molar-refractivity contribution is -0.115. The molecule has 39 heavy (non-hydrogen) atoms. The maximum Gasteiger partial charge on any atom is 0.339 e. The summed E-state index contributed by atoms with van der Waals surface area (Å²) in [5.74, 6) is 0.189. The van der Waals surface area contributed by atoms with Crippen molar-refractivity contribution in [3.8, 4) is 16.9 Å². The predicted octanol–water partition coefficient (Wildman–Crippen LogP) is 6.11. The molecular formula is C30H27NO6S2. The summed E-state index contributed by atoms with van der Waals surface area (Å²) in [7, 11) is -7.99. The molecule has 0 aliphatic heterocycles. The van der Waals surface area contributed by atoms with E-state index < -0.39 is 20.0 Å². The highest BCUT2D eigenvalue weighted by atomic mass is 32.2. The van der Waals surface area contributed by atoms with E-state index in [9.17, 15) is 21.6 Å². The number of ketones is 1. The second-order valence-electron chi connectivity index (χ2n) is 8.96. The van der Waals surface area contributed by atoms with Crippen LogP contribution in [0.25, 0.3) is 16.6 Å². The van der Waals surface area contributed by atoms with E-state index in [1.54, 1.807) is 41.1 Å². The third kappa shape index (κ3) is 6.27. The molecule has 0 N–H and O–H groups in total. The number of pyridine rings is 1. The summed E-state index contributed by atoms with van der Waals surface area (Å²) in [6, 6.07) is 26.4. The molecule has 0 aliphatic rings. The van der Waals surface area contributed by atoms with Gasteiger partial charge in [-0.3, -0.25) is 0 Å². The van der Waals surface area contributed by atoms with E-state index >= 15 is 0 Å². The molecule has 0 bridgehead atoms. The highest BCUT2D eigenvalue weighted by Gasteiger charge is 2.27. The van der Waals surface area contributed by atoms with Crippen molar-refractivity contribution in [1.82, 2.24) is 4.40 Å². The monoisotopic (exact) mass is 561 g/mol. The molecular weight excluding hydrogens is 534 g/mol. The van der Waals surface area contributed by atoms with Crippen LogP contribution < -0.4 is 4.18 Å². The Kier molecular flexibility index (Phi) is 8.03. The molecule has 3 aromatic carbocycles. The Morgan fingerprint density at radius 1 is 0.718 bits per heavy atom. The summed E-state index contributed by atoms with van der Waals surface area (Å²) in [4.78, 5) is 9.68. The number of nitrogens with zero attached hydrogens (tertiary/aromatic N) is 1. The van der Waals surface area contributed by atoms with Gasteiger partial charge in [-0.1, -0.05) is 54.1 Å². The summed E-state index contributed by atoms with van der Waals surface area (Å²) in [6.07, 6.45) is 3.59. The summed E-state index contributed by atoms with van der Waals surface area (Å²) >= 11 is 0. The second kappa shape index (κ2) is 11.3. The Morgan fingerprint density at radius 3 is 1.90 bits per heavy atom. The fraction of sp³-hybridized carbons (Fsp3) is 0.100. The number of benzene rings is 3. The normalized spacial score (nSPS) is 11.5. The number of carbonyl (C=O) groups excluding carboxylic acids is 1. The minimum Gasteiger partial charge on any atom is -0.379 e. The molecule has 5 aromatic rings. The highest BCUT2D eigenvalue weighted by molar-refractivity contribution is 7.91. The standard InChI is InChI=1S/C27H21NO5S2.C3H6O/c1-20-10-14-24(15-11-20)35(31,32)33-22-12-16-23(17-13-22)34(29,30)27-25(21-7-3-2-4-8-21)19-28-18-6-5-9-26(27)28;1-3(2)4/h2-19H,1H3;1-2H3. The van der Waals surface area contributed by atoms with Crippen molar-refractivity contribution in [2.45, 2.75) is 35.5 Å². The van der Waals surface area contributed by atoms with Crippen LogP contribution in [0, 0.1) is 6.92 Å².